The first-order valence-corrected chi connectivity index (χ1v) is 12.9. The Hall–Kier alpha value is -0.640. The third-order valence-electron chi connectivity index (χ3n) is 3.66. The lowest BCUT2D eigenvalue weighted by Crippen LogP contribution is -2.46. The van der Waals surface area contributed by atoms with E-state index in [1.54, 1.807) is 0 Å². The molecule has 1 aliphatic heterocycles. The molecule has 0 radical (unpaired) electrons. The maximum absolute atomic E-state index is 11.9. The van der Waals surface area contributed by atoms with Crippen LogP contribution in [-0.2, 0) is 26.8 Å². The highest BCUT2D eigenvalue weighted by atomic mass is 32.2. The summed E-state index contributed by atoms with van der Waals surface area (Å²) in [5.41, 5.74) is -3.68. The molecule has 0 aliphatic carbocycles. The van der Waals surface area contributed by atoms with Gasteiger partial charge in [0.25, 0.3) is 29.0 Å². The second-order valence-corrected chi connectivity index (χ2v) is 11.7. The number of nitrogens with one attached hydrogen (secondary N) is 1. The summed E-state index contributed by atoms with van der Waals surface area (Å²) in [4.78, 5) is 66.5. The molecule has 1 aliphatic rings. The molecule has 1 fully saturated rings. The van der Waals surface area contributed by atoms with Gasteiger partial charge in [-0.1, -0.05) is 0 Å². The van der Waals surface area contributed by atoms with Crippen molar-refractivity contribution in [2.45, 2.75) is 29.3 Å². The van der Waals surface area contributed by atoms with Crippen LogP contribution in [0.1, 0.15) is 12.3 Å². The highest BCUT2D eigenvalue weighted by Crippen LogP contribution is 2.61. The Kier molecular flexibility index (Phi) is 7.44. The number of phosphoric ester groups is 1. The number of hydrogen-bond donors (Lipinski definition) is 4. The smallest absolute Gasteiger partial charge is 0.329 e. The van der Waals surface area contributed by atoms with Crippen LogP contribution in [0.25, 0.3) is 0 Å². The van der Waals surface area contributed by atoms with E-state index in [-0.39, 0.29) is 0 Å². The molecule has 30 heavy (non-hydrogen) atoms. The van der Waals surface area contributed by atoms with Crippen molar-refractivity contribution < 1.29 is 56.6 Å². The maximum Gasteiger partial charge on any atom is 0.329 e. The molecule has 172 valence electrons. The second-order valence-electron chi connectivity index (χ2n) is 6.04. The van der Waals surface area contributed by atoms with Gasteiger partial charge in [0.15, 0.2) is 0 Å². The number of aliphatic hydroxyl groups is 2. The lowest BCUT2D eigenvalue weighted by atomic mass is 9.96. The van der Waals surface area contributed by atoms with E-state index >= 15 is 0 Å². The van der Waals surface area contributed by atoms with Crippen molar-refractivity contribution in [2.24, 2.45) is 0 Å². The van der Waals surface area contributed by atoms with Crippen LogP contribution in [-0.4, -0.2) is 48.2 Å². The average Bonchev–Trinajstić information content (AvgIpc) is 2.73. The van der Waals surface area contributed by atoms with Crippen LogP contribution in [0.5, 0.6) is 0 Å². The van der Waals surface area contributed by atoms with Crippen LogP contribution in [0.4, 0.5) is 0 Å². The molecule has 0 spiro atoms. The van der Waals surface area contributed by atoms with Crippen molar-refractivity contribution in [1.82, 2.24) is 9.55 Å². The number of aromatic nitrogens is 2. The first kappa shape index (κ1) is 25.6. The monoisotopic (exact) mass is 511 g/mol. The first-order chi connectivity index (χ1) is 13.4. The molecule has 0 bridgehead atoms. The molecule has 1 aromatic rings. The Labute approximate surface area is 170 Å². The second kappa shape index (κ2) is 8.71. The molecular weight excluding hydrogens is 497 g/mol. The first-order valence-electron chi connectivity index (χ1n) is 7.54. The van der Waals surface area contributed by atoms with Gasteiger partial charge >= 0.3 is 5.69 Å². The normalized spacial score (nSPS) is 32.8. The van der Waals surface area contributed by atoms with E-state index in [1.807, 2.05) is 4.98 Å². The number of hydrogen-bond acceptors (Lipinski definition) is 14. The molecule has 7 atom stereocenters. The van der Waals surface area contributed by atoms with Crippen LogP contribution in [0, 0.1) is 0 Å². The minimum Gasteiger partial charge on any atom is -0.756 e. The molecule has 3 unspecified atom stereocenters. The van der Waals surface area contributed by atoms with Gasteiger partial charge in [0.05, 0.1) is 18.0 Å². The van der Waals surface area contributed by atoms with Gasteiger partial charge < -0.3 is 34.3 Å². The molecule has 16 nitrogen and oxygen atoms in total. The van der Waals surface area contributed by atoms with Crippen LogP contribution < -0.4 is 25.9 Å². The van der Waals surface area contributed by atoms with Crippen LogP contribution in [0.3, 0.4) is 0 Å². The fourth-order valence-electron chi connectivity index (χ4n) is 2.44. The van der Waals surface area contributed by atoms with Crippen molar-refractivity contribution >= 4 is 35.2 Å². The third kappa shape index (κ3) is 6.43. The summed E-state index contributed by atoms with van der Waals surface area (Å²) >= 11 is 0.655. The molecule has 4 N–H and O–H groups in total. The van der Waals surface area contributed by atoms with E-state index < -0.39 is 63.7 Å². The van der Waals surface area contributed by atoms with Gasteiger partial charge in [-0.05, 0) is 6.92 Å². The third-order valence-corrected chi connectivity index (χ3v) is 9.05. The summed E-state index contributed by atoms with van der Waals surface area (Å²) in [7, 11) is -17.7. The maximum atomic E-state index is 11.9. The van der Waals surface area contributed by atoms with Gasteiger partial charge in [-0.15, -0.1) is 11.8 Å². The van der Waals surface area contributed by atoms with Gasteiger partial charge in [-0.25, -0.2) is 13.4 Å². The predicted molar refractivity (Wildman–Crippen MR) is 91.5 cm³/mol. The average molecular weight is 511 g/mol. The Morgan fingerprint density at radius 3 is 2.37 bits per heavy atom. The molecule has 2 heterocycles. The van der Waals surface area contributed by atoms with Crippen molar-refractivity contribution in [3.8, 4) is 0 Å². The predicted octanol–water partition coefficient (Wildman–Crippen LogP) is -3.29. The summed E-state index contributed by atoms with van der Waals surface area (Å²) in [6.45, 7) is 0.137. The van der Waals surface area contributed by atoms with E-state index in [2.05, 4.69) is 13.1 Å². The number of H-pyrrole nitrogens is 1. The van der Waals surface area contributed by atoms with E-state index in [1.165, 1.54) is 0 Å². The van der Waals surface area contributed by atoms with Gasteiger partial charge in [0, 0.05) is 12.3 Å². The number of nitrogens with zero attached hydrogens (tertiary/aromatic N) is 1. The molecule has 2 rings (SSSR count). The van der Waals surface area contributed by atoms with E-state index in [0.29, 0.717) is 11.8 Å². The lowest BCUT2D eigenvalue weighted by molar-refractivity contribution is -0.249. The molecule has 0 aromatic carbocycles. The number of rotatable bonds is 8. The zero-order chi connectivity index (χ0) is 23.1. The van der Waals surface area contributed by atoms with Gasteiger partial charge in [-0.3, -0.25) is 28.0 Å². The lowest BCUT2D eigenvalue weighted by Gasteiger charge is -2.33. The fraction of sp³-hybridized carbons (Fsp3) is 0.600. The van der Waals surface area contributed by atoms with Gasteiger partial charge in [0.2, 0.25) is 0 Å². The Morgan fingerprint density at radius 1 is 1.23 bits per heavy atom. The van der Waals surface area contributed by atoms with Gasteiger partial charge in [0.1, 0.15) is 11.0 Å². The van der Waals surface area contributed by atoms with E-state index in [9.17, 15) is 48.2 Å². The number of thioether (sulfide) groups is 1. The molecular formula is C10H14N2O14P3S-3. The largest absolute Gasteiger partial charge is 0.756 e. The van der Waals surface area contributed by atoms with Crippen molar-refractivity contribution in [3.05, 3.63) is 33.1 Å². The topological polar surface area (TPSA) is 264 Å². The van der Waals surface area contributed by atoms with E-state index in [4.69, 9.17) is 4.89 Å². The molecule has 1 saturated heterocycles. The highest BCUT2D eigenvalue weighted by Gasteiger charge is 2.53. The standard InChI is InChI=1S/C10H17N2O14P3S/c1-10(16)7(14)5(30-8(10)12-3-2-6(13)11-9(12)15)4-24-28(20,21)26-29(22,23)25-27(17,18)19/h2-3,5,7-8,14,16H,4H2,1H3,(H,20,21)(H,22,23)(H,11,13,15)(H2,17,18,19)/p-3/t5-,7-,8-,10-/m1/s1. The number of phosphoric acid groups is 3. The van der Waals surface area contributed by atoms with Crippen LogP contribution in [0.15, 0.2) is 21.9 Å². The molecule has 20 heteroatoms. The highest BCUT2D eigenvalue weighted by molar-refractivity contribution is 8.00. The minimum absolute atomic E-state index is 0.655. The summed E-state index contributed by atoms with van der Waals surface area (Å²) in [6.07, 6.45) is -0.674. The number of aliphatic hydroxyl groups excluding tert-OH is 1. The summed E-state index contributed by atoms with van der Waals surface area (Å²) < 4.78 is 44.9. The molecule has 0 saturated carbocycles. The van der Waals surface area contributed by atoms with Crippen molar-refractivity contribution in [2.75, 3.05) is 6.61 Å². The summed E-state index contributed by atoms with van der Waals surface area (Å²) in [6, 6.07) is 0.968. The van der Waals surface area contributed by atoms with E-state index in [0.717, 1.165) is 23.8 Å². The Morgan fingerprint density at radius 2 is 1.83 bits per heavy atom. The Balaban J connectivity index is 2.13. The van der Waals surface area contributed by atoms with Crippen LogP contribution >= 0.6 is 35.2 Å². The molecule has 0 amide bonds. The zero-order valence-corrected chi connectivity index (χ0v) is 18.1. The summed E-state index contributed by atoms with van der Waals surface area (Å²) in [5, 5.41) is 18.3. The number of aromatic amines is 1. The molecule has 1 aromatic heterocycles. The SMILES string of the molecule is C[C@@]1(O)[C@H](O)[C@@H](COP(=O)([O-])OP(=O)([O-])OP(=O)([O-])O)S[C@H]1n1ccc(=O)[nH]c1=O. The van der Waals surface area contributed by atoms with Gasteiger partial charge in [-0.2, -0.15) is 0 Å². The van der Waals surface area contributed by atoms with Crippen LogP contribution in [0.2, 0.25) is 0 Å². The Bertz CT molecular complexity index is 1050. The van der Waals surface area contributed by atoms with Crippen molar-refractivity contribution in [1.29, 1.82) is 0 Å². The minimum atomic E-state index is -6.08. The van der Waals surface area contributed by atoms with Crippen molar-refractivity contribution in [3.63, 3.8) is 0 Å². The zero-order valence-electron chi connectivity index (χ0n) is 14.6. The summed E-state index contributed by atoms with van der Waals surface area (Å²) in [5.74, 6) is 0. The fourth-order valence-corrected chi connectivity index (χ4v) is 7.07. The quantitative estimate of drug-likeness (QED) is 0.249.